The Morgan fingerprint density at radius 2 is 1.69 bits per heavy atom. The molecule has 2 amide bonds. The summed E-state index contributed by atoms with van der Waals surface area (Å²) in [4.78, 5) is 28.9. The fourth-order valence-corrected chi connectivity index (χ4v) is 4.90. The first kappa shape index (κ1) is 25.8. The number of carbonyl (C=O) groups excluding carboxylic acids is 2. The van der Waals surface area contributed by atoms with Crippen LogP contribution in [0.3, 0.4) is 0 Å². The van der Waals surface area contributed by atoms with E-state index in [1.807, 2.05) is 79.7 Å². The summed E-state index contributed by atoms with van der Waals surface area (Å²) >= 11 is 6.24. The Labute approximate surface area is 218 Å². The van der Waals surface area contributed by atoms with E-state index in [-0.39, 0.29) is 31.0 Å². The molecule has 0 aliphatic heterocycles. The molecule has 0 unspecified atom stereocenters. The predicted octanol–water partition coefficient (Wildman–Crippen LogP) is 5.73. The van der Waals surface area contributed by atoms with Crippen LogP contribution in [0.1, 0.15) is 42.4 Å². The maximum atomic E-state index is 13.7. The molecule has 36 heavy (non-hydrogen) atoms. The molecular weight excluding hydrogens is 472 g/mol. The molecule has 4 rings (SSSR count). The van der Waals surface area contributed by atoms with Crippen molar-refractivity contribution in [2.75, 3.05) is 6.61 Å². The number of ether oxygens (including phenoxy) is 1. The highest BCUT2D eigenvalue weighted by atomic mass is 35.5. The topological polar surface area (TPSA) is 58.6 Å². The number of nitrogens with one attached hydrogen (secondary N) is 1. The molecule has 188 valence electrons. The van der Waals surface area contributed by atoms with E-state index in [0.717, 1.165) is 42.4 Å². The molecule has 1 atom stereocenters. The van der Waals surface area contributed by atoms with Crippen LogP contribution in [-0.4, -0.2) is 35.4 Å². The zero-order valence-electron chi connectivity index (χ0n) is 20.7. The second-order valence-electron chi connectivity index (χ2n) is 9.45. The summed E-state index contributed by atoms with van der Waals surface area (Å²) in [6.45, 7) is 2.07. The lowest BCUT2D eigenvalue weighted by Crippen LogP contribution is -2.53. The van der Waals surface area contributed by atoms with Crippen molar-refractivity contribution >= 4 is 23.4 Å². The van der Waals surface area contributed by atoms with Crippen LogP contribution >= 0.6 is 11.6 Å². The lowest BCUT2D eigenvalue weighted by molar-refractivity contribution is -0.143. The van der Waals surface area contributed by atoms with Crippen molar-refractivity contribution in [3.05, 3.63) is 101 Å². The van der Waals surface area contributed by atoms with Crippen molar-refractivity contribution < 1.29 is 14.3 Å². The van der Waals surface area contributed by atoms with E-state index >= 15 is 0 Å². The van der Waals surface area contributed by atoms with Crippen LogP contribution < -0.4 is 10.1 Å². The lowest BCUT2D eigenvalue weighted by Gasteiger charge is -2.32. The van der Waals surface area contributed by atoms with Crippen molar-refractivity contribution in [1.29, 1.82) is 0 Å². The van der Waals surface area contributed by atoms with Crippen molar-refractivity contribution in [1.82, 2.24) is 10.2 Å². The molecule has 6 heteroatoms. The largest absolute Gasteiger partial charge is 0.484 e. The summed E-state index contributed by atoms with van der Waals surface area (Å²) in [5.74, 6) is 0.247. The Morgan fingerprint density at radius 3 is 2.42 bits per heavy atom. The number of nitrogens with zero attached hydrogens (tertiary/aromatic N) is 1. The van der Waals surface area contributed by atoms with Crippen molar-refractivity contribution in [3.63, 3.8) is 0 Å². The van der Waals surface area contributed by atoms with Crippen molar-refractivity contribution in [2.45, 2.75) is 57.7 Å². The molecule has 0 saturated heterocycles. The molecule has 1 aliphatic rings. The molecule has 1 fully saturated rings. The molecule has 0 heterocycles. The summed E-state index contributed by atoms with van der Waals surface area (Å²) in [7, 11) is 0. The van der Waals surface area contributed by atoms with Gasteiger partial charge in [-0.25, -0.2) is 0 Å². The average molecular weight is 505 g/mol. The number of rotatable bonds is 10. The molecule has 5 nitrogen and oxygen atoms in total. The molecule has 3 aromatic carbocycles. The molecule has 3 aromatic rings. The minimum Gasteiger partial charge on any atom is -0.484 e. The Kier molecular flexibility index (Phi) is 9.01. The van der Waals surface area contributed by atoms with Gasteiger partial charge in [0, 0.05) is 24.0 Å². The highest BCUT2D eigenvalue weighted by Crippen LogP contribution is 2.21. The zero-order valence-corrected chi connectivity index (χ0v) is 21.4. The number of halogens is 1. The smallest absolute Gasteiger partial charge is 0.261 e. The quantitative estimate of drug-likeness (QED) is 0.384. The van der Waals surface area contributed by atoms with Crippen LogP contribution in [-0.2, 0) is 22.6 Å². The number of hydrogen-bond acceptors (Lipinski definition) is 3. The fraction of sp³-hybridized carbons (Fsp3) is 0.333. The minimum atomic E-state index is -0.680. The second-order valence-corrected chi connectivity index (χ2v) is 9.89. The van der Waals surface area contributed by atoms with E-state index in [1.165, 1.54) is 0 Å². The van der Waals surface area contributed by atoms with E-state index < -0.39 is 6.04 Å². The number of aryl methyl sites for hydroxylation is 1. The fourth-order valence-electron chi connectivity index (χ4n) is 4.69. The van der Waals surface area contributed by atoms with Gasteiger partial charge in [-0.1, -0.05) is 79.0 Å². The summed E-state index contributed by atoms with van der Waals surface area (Å²) in [6, 6.07) is 24.3. The van der Waals surface area contributed by atoms with Gasteiger partial charge in [0.15, 0.2) is 6.61 Å². The van der Waals surface area contributed by atoms with Crippen LogP contribution in [0.15, 0.2) is 78.9 Å². The monoisotopic (exact) mass is 504 g/mol. The van der Waals surface area contributed by atoms with Gasteiger partial charge >= 0.3 is 0 Å². The molecule has 1 saturated carbocycles. The maximum Gasteiger partial charge on any atom is 0.261 e. The first-order valence-electron chi connectivity index (χ1n) is 12.6. The predicted molar refractivity (Wildman–Crippen MR) is 143 cm³/mol. The molecule has 0 aromatic heterocycles. The maximum absolute atomic E-state index is 13.7. The van der Waals surface area contributed by atoms with Gasteiger partial charge in [0.1, 0.15) is 11.8 Å². The van der Waals surface area contributed by atoms with E-state index in [0.29, 0.717) is 17.2 Å². The van der Waals surface area contributed by atoms with Gasteiger partial charge in [-0.2, -0.15) is 0 Å². The van der Waals surface area contributed by atoms with Gasteiger partial charge in [0.2, 0.25) is 5.91 Å². The van der Waals surface area contributed by atoms with Crippen LogP contribution in [0.4, 0.5) is 0 Å². The van der Waals surface area contributed by atoms with Crippen molar-refractivity contribution in [3.8, 4) is 5.75 Å². The van der Waals surface area contributed by atoms with Crippen molar-refractivity contribution in [2.24, 2.45) is 0 Å². The Hall–Kier alpha value is -3.31. The molecule has 0 radical (unpaired) electrons. The van der Waals surface area contributed by atoms with E-state index in [4.69, 9.17) is 16.3 Å². The first-order valence-corrected chi connectivity index (χ1v) is 12.9. The second kappa shape index (κ2) is 12.6. The van der Waals surface area contributed by atoms with Gasteiger partial charge in [0.25, 0.3) is 5.91 Å². The molecule has 0 spiro atoms. The number of benzene rings is 3. The van der Waals surface area contributed by atoms with Gasteiger partial charge in [-0.3, -0.25) is 9.59 Å². The SMILES string of the molecule is Cc1cccc(OCC(=O)N(Cc2cccc(Cl)c2)[C@@H](Cc2ccccc2)C(=O)NC2CCCC2)c1. The minimum absolute atomic E-state index is 0.128. The molecule has 1 N–H and O–H groups in total. The molecule has 0 bridgehead atoms. The Morgan fingerprint density at radius 1 is 0.972 bits per heavy atom. The Bertz CT molecular complexity index is 1160. The number of amides is 2. The summed E-state index contributed by atoms with van der Waals surface area (Å²) < 4.78 is 5.86. The van der Waals surface area contributed by atoms with Gasteiger partial charge in [-0.15, -0.1) is 0 Å². The van der Waals surface area contributed by atoms with E-state index in [2.05, 4.69) is 5.32 Å². The van der Waals surface area contributed by atoms with E-state index in [9.17, 15) is 9.59 Å². The lowest BCUT2D eigenvalue weighted by atomic mass is 10.0. The number of carbonyl (C=O) groups is 2. The summed E-state index contributed by atoms with van der Waals surface area (Å²) in [5, 5.41) is 3.80. The van der Waals surface area contributed by atoms with Crippen LogP contribution in [0.5, 0.6) is 5.75 Å². The van der Waals surface area contributed by atoms with Gasteiger partial charge in [-0.05, 0) is 60.7 Å². The highest BCUT2D eigenvalue weighted by molar-refractivity contribution is 6.30. The zero-order chi connectivity index (χ0) is 25.3. The third-order valence-electron chi connectivity index (χ3n) is 6.57. The number of hydrogen-bond donors (Lipinski definition) is 1. The summed E-state index contributed by atoms with van der Waals surface area (Å²) in [5.41, 5.74) is 2.90. The van der Waals surface area contributed by atoms with E-state index in [1.54, 1.807) is 11.0 Å². The molecule has 1 aliphatic carbocycles. The van der Waals surface area contributed by atoms with Gasteiger partial charge in [0.05, 0.1) is 0 Å². The third-order valence-corrected chi connectivity index (χ3v) is 6.80. The first-order chi connectivity index (χ1) is 17.5. The van der Waals surface area contributed by atoms with Crippen LogP contribution in [0.2, 0.25) is 5.02 Å². The highest BCUT2D eigenvalue weighted by Gasteiger charge is 2.32. The molecular formula is C30H33ClN2O3. The normalized spacial score (nSPS) is 14.3. The average Bonchev–Trinajstić information content (AvgIpc) is 3.38. The van der Waals surface area contributed by atoms with Crippen LogP contribution in [0.25, 0.3) is 0 Å². The standard InChI is InChI=1S/C30H33ClN2O3/c1-22-9-7-16-27(17-22)36-21-29(34)33(20-24-12-8-13-25(31)18-24)28(19-23-10-3-2-4-11-23)30(35)32-26-14-5-6-15-26/h2-4,7-13,16-18,26,28H,5-6,14-15,19-21H2,1H3,(H,32,35)/t28-/m0/s1. The van der Waals surface area contributed by atoms with Crippen LogP contribution in [0, 0.1) is 6.92 Å². The Balaban J connectivity index is 1.61. The third kappa shape index (κ3) is 7.34. The van der Waals surface area contributed by atoms with Gasteiger partial charge < -0.3 is 15.0 Å². The summed E-state index contributed by atoms with van der Waals surface area (Å²) in [6.07, 6.45) is 4.59.